The first kappa shape index (κ1) is 88.4. The van der Waals surface area contributed by atoms with Crippen LogP contribution in [0.4, 0.5) is 52.7 Å². The fourth-order valence-corrected chi connectivity index (χ4v) is 12.1. The van der Waals surface area contributed by atoms with Gasteiger partial charge in [0.05, 0.1) is 0 Å². The van der Waals surface area contributed by atoms with Crippen molar-refractivity contribution in [3.63, 3.8) is 0 Å². The summed E-state index contributed by atoms with van der Waals surface area (Å²) >= 11 is 0. The van der Waals surface area contributed by atoms with Gasteiger partial charge in [0.2, 0.25) is 0 Å². The highest BCUT2D eigenvalue weighted by Crippen LogP contribution is 2.29. The van der Waals surface area contributed by atoms with Gasteiger partial charge in [-0.25, -0.2) is 52.7 Å². The van der Waals surface area contributed by atoms with Gasteiger partial charge in [-0.3, -0.25) is 0 Å². The van der Waals surface area contributed by atoms with Crippen LogP contribution in [-0.2, 0) is 51.4 Å². The minimum Gasteiger partial charge on any atom is -0.486 e. The molecular formula is C92H94F12N6O2. The van der Waals surface area contributed by atoms with E-state index in [4.69, 9.17) is 32.4 Å². The molecule has 0 radical (unpaired) electrons. The van der Waals surface area contributed by atoms with E-state index in [1.165, 1.54) is 115 Å². The summed E-state index contributed by atoms with van der Waals surface area (Å²) in [5.41, 5.74) is 32.6. The number of hydrogen-bond acceptors (Lipinski definition) is 8. The Labute approximate surface area is 648 Å². The van der Waals surface area contributed by atoms with Gasteiger partial charge in [0.1, 0.15) is 93.5 Å². The maximum Gasteiger partial charge on any atom is 0.126 e. The molecule has 0 saturated heterocycles. The van der Waals surface area contributed by atoms with Crippen LogP contribution < -0.4 is 43.0 Å². The number of benzene rings is 12. The van der Waals surface area contributed by atoms with Gasteiger partial charge in [-0.2, -0.15) is 0 Å². The third-order valence-corrected chi connectivity index (χ3v) is 17.6. The molecule has 0 fully saturated rings. The molecule has 0 aliphatic carbocycles. The van der Waals surface area contributed by atoms with Crippen LogP contribution in [0.1, 0.15) is 103 Å². The standard InChI is InChI=1S/2C16H17F2NO.4C15H15F2N/c2*1-19-9-8-16(12-4-2-5-13(17)10-12)20-15-7-3-6-14(18)11-15;16-13-5-1-3-11(10-13)9-12-4-2-6-15(17)14(12)7-8-18;16-14-6-2-1-4-12(14)10-11-5-3-7-15(17)13(11)8-9-18;16-13-6-4-11(5-7-13)10-12-2-1-3-15(17)14(12)8-9-18;16-14-6-5-11(12(10-14)7-8-18)9-13-3-1-2-4-15(13)17/h2*2-7,10-11,16,19H,8-9H2,1H3;1-6,10H,7-9,18H2;2*1-7H,8-10,18H2;1-6,10H,7-9,18H2/t2*16-;;;;/m10..../s1. The molecule has 20 heteroatoms. The summed E-state index contributed by atoms with van der Waals surface area (Å²) in [7, 11) is 3.68. The lowest BCUT2D eigenvalue weighted by Gasteiger charge is -2.19. The Morgan fingerprint density at radius 3 is 1.01 bits per heavy atom. The van der Waals surface area contributed by atoms with Crippen molar-refractivity contribution in [2.75, 3.05) is 53.4 Å². The summed E-state index contributed by atoms with van der Waals surface area (Å²) in [6.45, 7) is 3.08. The molecule has 0 unspecified atom stereocenters. The van der Waals surface area contributed by atoms with Crippen LogP contribution in [0.2, 0.25) is 0 Å². The van der Waals surface area contributed by atoms with Crippen molar-refractivity contribution in [2.24, 2.45) is 22.9 Å². The summed E-state index contributed by atoms with van der Waals surface area (Å²) in [6.07, 6.45) is 4.73. The highest BCUT2D eigenvalue weighted by Gasteiger charge is 2.18. The van der Waals surface area contributed by atoms with Gasteiger partial charge in [0.25, 0.3) is 0 Å². The van der Waals surface area contributed by atoms with Gasteiger partial charge in [0.15, 0.2) is 0 Å². The largest absolute Gasteiger partial charge is 0.486 e. The molecule has 0 aliphatic heterocycles. The van der Waals surface area contributed by atoms with Gasteiger partial charge in [0, 0.05) is 37.8 Å². The number of rotatable bonds is 28. The van der Waals surface area contributed by atoms with Crippen LogP contribution in [0.5, 0.6) is 11.5 Å². The number of hydrogen-bond donors (Lipinski definition) is 6. The third-order valence-electron chi connectivity index (χ3n) is 17.6. The number of nitrogens with one attached hydrogen (secondary N) is 2. The molecule has 2 atom stereocenters. The van der Waals surface area contributed by atoms with Gasteiger partial charge >= 0.3 is 0 Å². The van der Waals surface area contributed by atoms with Crippen molar-refractivity contribution in [2.45, 2.75) is 76.4 Å². The summed E-state index contributed by atoms with van der Waals surface area (Å²) < 4.78 is 172. The predicted molar refractivity (Wildman–Crippen MR) is 423 cm³/mol. The molecule has 0 aliphatic rings. The Hall–Kier alpha value is -10.8. The second-order valence-electron chi connectivity index (χ2n) is 25.9. The lowest BCUT2D eigenvalue weighted by molar-refractivity contribution is 0.193. The Bertz CT molecular complexity index is 4700. The summed E-state index contributed by atoms with van der Waals surface area (Å²) in [4.78, 5) is 0. The van der Waals surface area contributed by atoms with E-state index in [9.17, 15) is 52.7 Å². The van der Waals surface area contributed by atoms with E-state index in [0.29, 0.717) is 130 Å². The Kier molecular flexibility index (Phi) is 37.9. The number of ether oxygens (including phenoxy) is 2. The zero-order valence-corrected chi connectivity index (χ0v) is 62.5. The molecule has 0 spiro atoms. The first-order valence-electron chi connectivity index (χ1n) is 36.7. The minimum absolute atomic E-state index is 0.222. The van der Waals surface area contributed by atoms with Crippen LogP contribution in [0.3, 0.4) is 0 Å². The number of halogens is 12. The molecule has 8 nitrogen and oxygen atoms in total. The van der Waals surface area contributed by atoms with Crippen molar-refractivity contribution in [1.29, 1.82) is 0 Å². The first-order chi connectivity index (χ1) is 54.2. The fourth-order valence-electron chi connectivity index (χ4n) is 12.1. The number of nitrogens with two attached hydrogens (primary N) is 4. The van der Waals surface area contributed by atoms with E-state index in [2.05, 4.69) is 10.6 Å². The van der Waals surface area contributed by atoms with Gasteiger partial charge in [-0.05, 0) is 285 Å². The van der Waals surface area contributed by atoms with Crippen molar-refractivity contribution in [1.82, 2.24) is 10.6 Å². The van der Waals surface area contributed by atoms with Crippen molar-refractivity contribution < 1.29 is 62.2 Å². The fraction of sp³-hybridized carbons (Fsp3) is 0.217. The normalized spacial score (nSPS) is 11.2. The zero-order valence-electron chi connectivity index (χ0n) is 62.5. The van der Waals surface area contributed by atoms with Crippen LogP contribution in [0.15, 0.2) is 267 Å². The van der Waals surface area contributed by atoms with E-state index >= 15 is 0 Å². The van der Waals surface area contributed by atoms with E-state index in [1.807, 2.05) is 50.5 Å². The SMILES string of the molecule is CNCC[C@@H](Oc1cccc(F)c1)c1cccc(F)c1.CNCC[C@H](Oc1cccc(F)c1)c1cccc(F)c1.NCCc1c(F)cccc1Cc1ccc(F)cc1.NCCc1c(F)cccc1Cc1cccc(F)c1.NCCc1c(F)cccc1Cc1ccccc1F.NCCc1cc(F)ccc1Cc1ccccc1F. The molecule has 12 aromatic rings. The second-order valence-corrected chi connectivity index (χ2v) is 25.9. The van der Waals surface area contributed by atoms with Gasteiger partial charge < -0.3 is 43.0 Å². The van der Waals surface area contributed by atoms with Gasteiger partial charge in [-0.1, -0.05) is 140 Å². The lowest BCUT2D eigenvalue weighted by Crippen LogP contribution is -2.16. The van der Waals surface area contributed by atoms with Crippen molar-refractivity contribution >= 4 is 0 Å². The second kappa shape index (κ2) is 48.1. The topological polar surface area (TPSA) is 147 Å². The highest BCUT2D eigenvalue weighted by atomic mass is 19.2. The van der Waals surface area contributed by atoms with Crippen LogP contribution in [-0.4, -0.2) is 53.4 Å². The molecule has 0 bridgehead atoms. The quantitative estimate of drug-likeness (QED) is 0.0266. The maximum atomic E-state index is 13.7. The summed E-state index contributed by atoms with van der Waals surface area (Å²) in [6, 6.07) is 69.7. The Balaban J connectivity index is 0.000000187. The smallest absolute Gasteiger partial charge is 0.126 e. The van der Waals surface area contributed by atoms with Crippen LogP contribution >= 0.6 is 0 Å². The first-order valence-corrected chi connectivity index (χ1v) is 36.7. The maximum absolute atomic E-state index is 13.7. The molecule has 0 heterocycles. The average molecular weight is 1540 g/mol. The lowest BCUT2D eigenvalue weighted by atomic mass is 9.97. The van der Waals surface area contributed by atoms with E-state index in [0.717, 1.165) is 63.2 Å². The summed E-state index contributed by atoms with van der Waals surface area (Å²) in [5.74, 6) is -2.49. The van der Waals surface area contributed by atoms with E-state index < -0.39 is 0 Å². The van der Waals surface area contributed by atoms with E-state index in [-0.39, 0.29) is 82.0 Å². The molecule has 12 rings (SSSR count). The molecular weight excluding hydrogens is 1450 g/mol. The van der Waals surface area contributed by atoms with Crippen molar-refractivity contribution in [3.05, 3.63) is 415 Å². The highest BCUT2D eigenvalue weighted by molar-refractivity contribution is 5.39. The molecule has 10 N–H and O–H groups in total. The van der Waals surface area contributed by atoms with Crippen LogP contribution in [0.25, 0.3) is 0 Å². The third kappa shape index (κ3) is 30.1. The van der Waals surface area contributed by atoms with E-state index in [1.54, 1.807) is 115 Å². The average Bonchev–Trinajstić information content (AvgIpc) is 0.860. The molecule has 0 aromatic heterocycles. The molecule has 588 valence electrons. The summed E-state index contributed by atoms with van der Waals surface area (Å²) in [5, 5.41) is 6.06. The molecule has 0 amide bonds. The zero-order chi connectivity index (χ0) is 80.6. The monoisotopic (exact) mass is 1540 g/mol. The molecule has 112 heavy (non-hydrogen) atoms. The predicted octanol–water partition coefficient (Wildman–Crippen LogP) is 19.6. The minimum atomic E-state index is -0.353. The molecule has 12 aromatic carbocycles. The van der Waals surface area contributed by atoms with Crippen LogP contribution in [0, 0.1) is 69.8 Å². The Morgan fingerprint density at radius 2 is 0.607 bits per heavy atom. The molecule has 0 saturated carbocycles. The van der Waals surface area contributed by atoms with Gasteiger partial charge in [-0.15, -0.1) is 0 Å². The Morgan fingerprint density at radius 1 is 0.268 bits per heavy atom. The van der Waals surface area contributed by atoms with Crippen molar-refractivity contribution in [3.8, 4) is 11.5 Å².